The topological polar surface area (TPSA) is 144 Å². The number of nitrogens with zero attached hydrogens (tertiary/aromatic N) is 9. The molecular weight excluding hydrogens is 534 g/mol. The van der Waals surface area contributed by atoms with Gasteiger partial charge in [-0.05, 0) is 12.1 Å². The van der Waals surface area contributed by atoms with Crippen LogP contribution in [0.25, 0.3) is 16.8 Å². The third-order valence-corrected chi connectivity index (χ3v) is 7.08. The van der Waals surface area contributed by atoms with Gasteiger partial charge in [-0.25, -0.2) is 4.39 Å². The zero-order valence-electron chi connectivity index (χ0n) is 19.5. The quantitative estimate of drug-likeness (QED) is 0.206. The Hall–Kier alpha value is -4.33. The maximum Gasteiger partial charge on any atom is 0.534 e. The maximum absolute atomic E-state index is 15.7. The van der Waals surface area contributed by atoms with Crippen LogP contribution in [-0.4, -0.2) is 61.6 Å². The molecule has 4 aromatic rings. The summed E-state index contributed by atoms with van der Waals surface area (Å²) in [5.74, 6) is -0.633. The minimum atomic E-state index is -5.92. The molecule has 0 saturated carbocycles. The Kier molecular flexibility index (Phi) is 5.93. The second kappa shape index (κ2) is 8.90. The van der Waals surface area contributed by atoms with Crippen molar-refractivity contribution in [3.05, 3.63) is 48.3 Å². The minimum Gasteiger partial charge on any atom is -0.368 e. The van der Waals surface area contributed by atoms with Gasteiger partial charge in [0.15, 0.2) is 11.5 Å². The molecule has 5 rings (SSSR count). The molecule has 0 aromatic carbocycles. The number of halogens is 4. The molecule has 17 heteroatoms. The predicted molar refractivity (Wildman–Crippen MR) is 122 cm³/mol. The lowest BCUT2D eigenvalue weighted by Gasteiger charge is -2.37. The first-order valence-corrected chi connectivity index (χ1v) is 12.4. The van der Waals surface area contributed by atoms with Gasteiger partial charge in [0.25, 0.3) is 5.88 Å². The van der Waals surface area contributed by atoms with E-state index in [9.17, 15) is 26.9 Å². The van der Waals surface area contributed by atoms with E-state index in [1.807, 2.05) is 4.90 Å². The molecule has 198 valence electrons. The lowest BCUT2D eigenvalue weighted by molar-refractivity contribution is -0.0501. The van der Waals surface area contributed by atoms with Crippen molar-refractivity contribution < 1.29 is 30.2 Å². The predicted octanol–water partition coefficient (Wildman–Crippen LogP) is 2.49. The molecule has 0 spiro atoms. The molecule has 0 aliphatic carbocycles. The third kappa shape index (κ3) is 4.26. The highest BCUT2D eigenvalue weighted by molar-refractivity contribution is 7.87. The highest BCUT2D eigenvalue weighted by Gasteiger charge is 2.49. The molecule has 1 aliphatic heterocycles. The number of aryl methyl sites for hydroxylation is 1. The van der Waals surface area contributed by atoms with Crippen LogP contribution in [0.3, 0.4) is 0 Å². The number of piperidine rings is 1. The Morgan fingerprint density at radius 3 is 2.55 bits per heavy atom. The molecule has 0 amide bonds. The minimum absolute atomic E-state index is 0.0728. The highest BCUT2D eigenvalue weighted by atomic mass is 32.2. The fourth-order valence-corrected chi connectivity index (χ4v) is 4.71. The summed E-state index contributed by atoms with van der Waals surface area (Å²) in [6, 6.07) is 5.83. The van der Waals surface area contributed by atoms with Gasteiger partial charge < -0.3 is 13.7 Å². The second-order valence-electron chi connectivity index (χ2n) is 8.47. The third-order valence-electron chi connectivity index (χ3n) is 6.13. The van der Waals surface area contributed by atoms with Crippen molar-refractivity contribution in [1.29, 1.82) is 5.26 Å². The second-order valence-corrected chi connectivity index (χ2v) is 10.0. The first-order valence-electron chi connectivity index (χ1n) is 11.0. The van der Waals surface area contributed by atoms with Gasteiger partial charge >= 0.3 is 15.6 Å². The lowest BCUT2D eigenvalue weighted by Crippen LogP contribution is -2.42. The van der Waals surface area contributed by atoms with Gasteiger partial charge in [0, 0.05) is 45.2 Å². The number of pyridine rings is 1. The normalized spacial score (nSPS) is 15.9. The van der Waals surface area contributed by atoms with E-state index in [0.29, 0.717) is 16.9 Å². The molecular formula is C21H17F4N9O3S. The molecule has 0 atom stereocenters. The fraction of sp³-hybridized carbons (Fsp3) is 0.333. The Balaban J connectivity index is 1.49. The zero-order valence-corrected chi connectivity index (χ0v) is 20.3. The SMILES string of the molecule is Cn1cnnc1C1(F)CCN(c2c(C#N)ccnc2-c2cnn3nc(OS(=O)(=O)C(F)(F)F)ccc23)CC1. The number of fused-ring (bicyclic) bond motifs is 1. The Morgan fingerprint density at radius 2 is 1.92 bits per heavy atom. The number of aromatic nitrogens is 7. The molecule has 1 saturated heterocycles. The first-order chi connectivity index (χ1) is 17.9. The van der Waals surface area contributed by atoms with E-state index >= 15 is 4.39 Å². The van der Waals surface area contributed by atoms with Gasteiger partial charge in [0.05, 0.1) is 34.2 Å². The number of nitriles is 1. The molecule has 38 heavy (non-hydrogen) atoms. The summed E-state index contributed by atoms with van der Waals surface area (Å²) in [5, 5.41) is 25.1. The molecule has 0 N–H and O–H groups in total. The van der Waals surface area contributed by atoms with E-state index in [-0.39, 0.29) is 42.8 Å². The number of rotatable bonds is 5. The molecule has 1 fully saturated rings. The number of hydrogen-bond acceptors (Lipinski definition) is 10. The number of hydrogen-bond donors (Lipinski definition) is 0. The van der Waals surface area contributed by atoms with E-state index < -0.39 is 27.2 Å². The van der Waals surface area contributed by atoms with Crippen molar-refractivity contribution in [1.82, 2.24) is 34.6 Å². The van der Waals surface area contributed by atoms with E-state index in [0.717, 1.165) is 10.7 Å². The lowest BCUT2D eigenvalue weighted by atomic mass is 9.91. The van der Waals surface area contributed by atoms with Crippen molar-refractivity contribution in [3.8, 4) is 23.2 Å². The van der Waals surface area contributed by atoms with Crippen LogP contribution in [0.15, 0.2) is 36.9 Å². The van der Waals surface area contributed by atoms with Crippen molar-refractivity contribution in [2.75, 3.05) is 18.0 Å². The number of anilines is 1. The maximum atomic E-state index is 15.7. The van der Waals surface area contributed by atoms with E-state index in [4.69, 9.17) is 0 Å². The van der Waals surface area contributed by atoms with Crippen molar-refractivity contribution in [2.45, 2.75) is 24.0 Å². The molecule has 12 nitrogen and oxygen atoms in total. The van der Waals surface area contributed by atoms with Crippen LogP contribution in [0.5, 0.6) is 5.88 Å². The summed E-state index contributed by atoms with van der Waals surface area (Å²) in [7, 11) is -4.27. The van der Waals surface area contributed by atoms with Crippen LogP contribution in [0, 0.1) is 11.3 Å². The molecule has 4 aromatic heterocycles. The molecule has 0 bridgehead atoms. The van der Waals surface area contributed by atoms with Crippen LogP contribution >= 0.6 is 0 Å². The van der Waals surface area contributed by atoms with Crippen LogP contribution in [0.1, 0.15) is 24.2 Å². The Labute approximate surface area is 212 Å². The zero-order chi connectivity index (χ0) is 27.3. The van der Waals surface area contributed by atoms with E-state index in [2.05, 4.69) is 35.6 Å². The monoisotopic (exact) mass is 551 g/mol. The van der Waals surface area contributed by atoms with Crippen LogP contribution in [0.4, 0.5) is 23.2 Å². The highest BCUT2D eigenvalue weighted by Crippen LogP contribution is 2.41. The average Bonchev–Trinajstić information content (AvgIpc) is 3.49. The van der Waals surface area contributed by atoms with Gasteiger partial charge in [-0.1, -0.05) is 0 Å². The van der Waals surface area contributed by atoms with Gasteiger partial charge in [0.1, 0.15) is 12.4 Å². The smallest absolute Gasteiger partial charge is 0.368 e. The van der Waals surface area contributed by atoms with E-state index in [1.54, 1.807) is 7.05 Å². The van der Waals surface area contributed by atoms with Gasteiger partial charge in [0.2, 0.25) is 0 Å². The largest absolute Gasteiger partial charge is 0.534 e. The van der Waals surface area contributed by atoms with Gasteiger partial charge in [-0.2, -0.15) is 31.9 Å². The molecule has 5 heterocycles. The van der Waals surface area contributed by atoms with Crippen LogP contribution < -0.4 is 9.08 Å². The summed E-state index contributed by atoms with van der Waals surface area (Å²) in [4.78, 5) is 6.22. The summed E-state index contributed by atoms with van der Waals surface area (Å²) in [6.07, 6.45) is 4.29. The van der Waals surface area contributed by atoms with Crippen molar-refractivity contribution in [2.24, 2.45) is 7.05 Å². The van der Waals surface area contributed by atoms with Crippen molar-refractivity contribution >= 4 is 21.3 Å². The summed E-state index contributed by atoms with van der Waals surface area (Å²) < 4.78 is 82.8. The van der Waals surface area contributed by atoms with E-state index in [1.165, 1.54) is 35.4 Å². The molecule has 0 radical (unpaired) electrons. The van der Waals surface area contributed by atoms with Gasteiger partial charge in [-0.3, -0.25) is 4.98 Å². The first kappa shape index (κ1) is 25.3. The van der Waals surface area contributed by atoms with Crippen molar-refractivity contribution in [3.63, 3.8) is 0 Å². The Morgan fingerprint density at radius 1 is 1.18 bits per heavy atom. The summed E-state index contributed by atoms with van der Waals surface area (Å²) in [5.41, 5.74) is -5.73. The number of alkyl halides is 4. The van der Waals surface area contributed by atoms with Gasteiger partial charge in [-0.15, -0.1) is 19.9 Å². The summed E-state index contributed by atoms with van der Waals surface area (Å²) in [6.45, 7) is 0.447. The summed E-state index contributed by atoms with van der Waals surface area (Å²) >= 11 is 0. The molecule has 0 unspecified atom stereocenters. The molecule has 1 aliphatic rings. The van der Waals surface area contributed by atoms with Crippen LogP contribution in [-0.2, 0) is 22.8 Å². The Bertz CT molecular complexity index is 1670. The van der Waals surface area contributed by atoms with Crippen LogP contribution in [0.2, 0.25) is 0 Å². The fourth-order valence-electron chi connectivity index (χ4n) is 4.31. The average molecular weight is 551 g/mol. The standard InChI is InChI=1S/C21H17F4N9O3S/c1-32-12-28-30-19(32)20(22)5-8-33(9-6-20)18-13(10-26)4-7-27-17(18)14-11-29-34-15(14)2-3-16(31-34)37-38(35,36)21(23,24)25/h2-4,7,11-12H,5-6,8-9H2,1H3.